The van der Waals surface area contributed by atoms with Crippen molar-refractivity contribution in [2.24, 2.45) is 0 Å². The number of para-hydroxylation sites is 2. The average Bonchev–Trinajstić information content (AvgIpc) is 3.13. The van der Waals surface area contributed by atoms with E-state index in [2.05, 4.69) is 16.5 Å². The van der Waals surface area contributed by atoms with Crippen LogP contribution < -0.4 is 11.0 Å². The molecule has 0 atom stereocenters. The number of aromatic nitrogens is 4. The fraction of sp³-hybridized carbons (Fsp3) is 0.185. The number of hydrogen-bond acceptors (Lipinski definition) is 5. The Bertz CT molecular complexity index is 1650. The van der Waals surface area contributed by atoms with E-state index in [1.165, 1.54) is 20.8 Å². The van der Waals surface area contributed by atoms with Gasteiger partial charge in [-0.1, -0.05) is 59.3 Å². The molecule has 176 valence electrons. The number of anilines is 1. The highest BCUT2D eigenvalue weighted by atomic mass is 32.2. The summed E-state index contributed by atoms with van der Waals surface area (Å²) in [5, 5.41) is 8.11. The molecule has 0 aliphatic carbocycles. The lowest BCUT2D eigenvalue weighted by Crippen LogP contribution is -2.28. The number of carbonyl (C=O) groups is 1. The number of nitrogens with one attached hydrogen (secondary N) is 1. The van der Waals surface area contributed by atoms with Crippen LogP contribution in [0, 0.1) is 27.7 Å². The van der Waals surface area contributed by atoms with Crippen LogP contribution in [0.1, 0.15) is 22.3 Å². The summed E-state index contributed by atoms with van der Waals surface area (Å²) >= 11 is 1.45. The molecule has 0 aliphatic rings. The normalized spacial score (nSPS) is 11.3. The first-order valence-electron chi connectivity index (χ1n) is 11.3. The van der Waals surface area contributed by atoms with Gasteiger partial charge in [0.2, 0.25) is 5.91 Å². The van der Waals surface area contributed by atoms with Gasteiger partial charge in [-0.25, -0.2) is 18.9 Å². The molecule has 0 radical (unpaired) electrons. The monoisotopic (exact) mass is 483 g/mol. The van der Waals surface area contributed by atoms with Crippen molar-refractivity contribution in [2.75, 3.05) is 5.32 Å². The highest BCUT2D eigenvalue weighted by molar-refractivity contribution is 7.99. The second-order valence-corrected chi connectivity index (χ2v) is 9.81. The van der Waals surface area contributed by atoms with E-state index in [0.717, 1.165) is 32.8 Å². The van der Waals surface area contributed by atoms with Gasteiger partial charge in [-0.3, -0.25) is 4.79 Å². The fourth-order valence-corrected chi connectivity index (χ4v) is 5.31. The van der Waals surface area contributed by atoms with E-state index in [0.29, 0.717) is 21.7 Å². The van der Waals surface area contributed by atoms with Crippen LogP contribution in [0.15, 0.2) is 75.4 Å². The van der Waals surface area contributed by atoms with Crippen molar-refractivity contribution in [1.82, 2.24) is 19.2 Å². The van der Waals surface area contributed by atoms with Gasteiger partial charge in [0.15, 0.2) is 5.65 Å². The van der Waals surface area contributed by atoms with Gasteiger partial charge in [0.25, 0.3) is 0 Å². The third-order valence-electron chi connectivity index (χ3n) is 5.81. The lowest BCUT2D eigenvalue weighted by atomic mass is 10.1. The summed E-state index contributed by atoms with van der Waals surface area (Å²) in [4.78, 5) is 32.1. The molecule has 5 rings (SSSR count). The summed E-state index contributed by atoms with van der Waals surface area (Å²) in [6.07, 6.45) is 0. The number of benzene rings is 3. The standard InChI is InChI=1S/C27H25N5O2S/c1-16-8-7-9-20(14-16)35-26-25-30-31(27(34)32(25)22-11-6-5-10-21(22)28-26)15-23(33)29-24-18(3)12-17(2)13-19(24)4/h5-14H,15H2,1-4H3,(H,29,33). The molecule has 1 N–H and O–H groups in total. The Labute approximate surface area is 206 Å². The van der Waals surface area contributed by atoms with Crippen LogP contribution >= 0.6 is 11.8 Å². The molecule has 1 amide bonds. The van der Waals surface area contributed by atoms with E-state index in [-0.39, 0.29) is 18.1 Å². The Kier molecular flexibility index (Phi) is 5.90. The second-order valence-electron chi connectivity index (χ2n) is 8.75. The van der Waals surface area contributed by atoms with Gasteiger partial charge in [0, 0.05) is 10.6 Å². The zero-order valence-corrected chi connectivity index (χ0v) is 20.8. The molecule has 3 aromatic carbocycles. The minimum atomic E-state index is -0.378. The molecule has 5 aromatic rings. The van der Waals surface area contributed by atoms with Crippen molar-refractivity contribution >= 4 is 40.0 Å². The van der Waals surface area contributed by atoms with Crippen LogP contribution in [0.25, 0.3) is 16.7 Å². The van der Waals surface area contributed by atoms with Crippen molar-refractivity contribution in [3.63, 3.8) is 0 Å². The van der Waals surface area contributed by atoms with Gasteiger partial charge in [-0.2, -0.15) is 0 Å². The number of fused-ring (bicyclic) bond motifs is 3. The summed E-state index contributed by atoms with van der Waals surface area (Å²) in [6, 6.07) is 19.6. The summed E-state index contributed by atoms with van der Waals surface area (Å²) in [5.74, 6) is -0.310. The van der Waals surface area contributed by atoms with Crippen LogP contribution in [0.2, 0.25) is 0 Å². The van der Waals surface area contributed by atoms with Gasteiger partial charge in [-0.15, -0.1) is 5.10 Å². The number of rotatable bonds is 5. The van der Waals surface area contributed by atoms with Crippen molar-refractivity contribution in [1.29, 1.82) is 0 Å². The minimum Gasteiger partial charge on any atom is -0.324 e. The van der Waals surface area contributed by atoms with Crippen LogP contribution in [0.4, 0.5) is 5.69 Å². The topological polar surface area (TPSA) is 81.3 Å². The van der Waals surface area contributed by atoms with Gasteiger partial charge >= 0.3 is 5.69 Å². The SMILES string of the molecule is Cc1cccc(Sc2nc3ccccc3n3c(=O)n(CC(=O)Nc4c(C)cc(C)cc4C)nc23)c1. The predicted octanol–water partition coefficient (Wildman–Crippen LogP) is 5.07. The smallest absolute Gasteiger partial charge is 0.324 e. The Balaban J connectivity index is 1.56. The first kappa shape index (κ1) is 22.9. The van der Waals surface area contributed by atoms with E-state index in [4.69, 9.17) is 4.98 Å². The Morgan fingerprint density at radius 2 is 1.69 bits per heavy atom. The minimum absolute atomic E-state index is 0.198. The highest BCUT2D eigenvalue weighted by Crippen LogP contribution is 2.31. The Hall–Kier alpha value is -3.91. The number of nitrogens with zero attached hydrogens (tertiary/aromatic N) is 4. The molecule has 0 aliphatic heterocycles. The quantitative estimate of drug-likeness (QED) is 0.378. The second kappa shape index (κ2) is 9.03. The molecule has 0 spiro atoms. The Morgan fingerprint density at radius 3 is 2.43 bits per heavy atom. The van der Waals surface area contributed by atoms with E-state index in [9.17, 15) is 9.59 Å². The lowest BCUT2D eigenvalue weighted by Gasteiger charge is -2.12. The molecular formula is C27H25N5O2S. The number of hydrogen-bond donors (Lipinski definition) is 1. The molecule has 8 heteroatoms. The number of amides is 1. The van der Waals surface area contributed by atoms with Gasteiger partial charge in [0.05, 0.1) is 11.0 Å². The largest absolute Gasteiger partial charge is 0.351 e. The fourth-order valence-electron chi connectivity index (χ4n) is 4.32. The molecular weight excluding hydrogens is 458 g/mol. The zero-order chi connectivity index (χ0) is 24.7. The molecule has 0 saturated carbocycles. The van der Waals surface area contributed by atoms with Crippen molar-refractivity contribution < 1.29 is 4.79 Å². The first-order chi connectivity index (χ1) is 16.8. The van der Waals surface area contributed by atoms with E-state index < -0.39 is 0 Å². The maximum absolute atomic E-state index is 13.4. The highest BCUT2D eigenvalue weighted by Gasteiger charge is 2.19. The summed E-state index contributed by atoms with van der Waals surface area (Å²) in [7, 11) is 0. The third-order valence-corrected chi connectivity index (χ3v) is 6.77. The van der Waals surface area contributed by atoms with Crippen molar-refractivity contribution in [2.45, 2.75) is 44.2 Å². The van der Waals surface area contributed by atoms with Gasteiger partial charge < -0.3 is 5.32 Å². The molecule has 0 bridgehead atoms. The molecule has 0 unspecified atom stereocenters. The molecule has 2 heterocycles. The van der Waals surface area contributed by atoms with Crippen LogP contribution in [0.5, 0.6) is 0 Å². The molecule has 0 fully saturated rings. The summed E-state index contributed by atoms with van der Waals surface area (Å²) in [5.41, 5.74) is 6.37. The van der Waals surface area contributed by atoms with Crippen molar-refractivity contribution in [3.8, 4) is 0 Å². The number of aryl methyl sites for hydroxylation is 4. The van der Waals surface area contributed by atoms with Crippen LogP contribution in [-0.4, -0.2) is 25.1 Å². The predicted molar refractivity (Wildman–Crippen MR) is 139 cm³/mol. The van der Waals surface area contributed by atoms with Crippen LogP contribution in [0.3, 0.4) is 0 Å². The lowest BCUT2D eigenvalue weighted by molar-refractivity contribution is -0.117. The molecule has 35 heavy (non-hydrogen) atoms. The zero-order valence-electron chi connectivity index (χ0n) is 20.0. The summed E-state index contributed by atoms with van der Waals surface area (Å²) < 4.78 is 2.74. The van der Waals surface area contributed by atoms with E-state index in [1.54, 1.807) is 0 Å². The van der Waals surface area contributed by atoms with Gasteiger partial charge in [0.1, 0.15) is 11.6 Å². The van der Waals surface area contributed by atoms with E-state index in [1.807, 2.05) is 82.3 Å². The average molecular weight is 484 g/mol. The van der Waals surface area contributed by atoms with Gasteiger partial charge in [-0.05, 0) is 63.1 Å². The summed E-state index contributed by atoms with van der Waals surface area (Å²) in [6.45, 7) is 7.77. The first-order valence-corrected chi connectivity index (χ1v) is 12.1. The maximum atomic E-state index is 13.4. The third kappa shape index (κ3) is 4.44. The molecule has 7 nitrogen and oxygen atoms in total. The molecule has 0 saturated heterocycles. The number of carbonyl (C=O) groups excluding carboxylic acids is 1. The molecule has 2 aromatic heterocycles. The van der Waals surface area contributed by atoms with Crippen LogP contribution in [-0.2, 0) is 11.3 Å². The van der Waals surface area contributed by atoms with E-state index >= 15 is 0 Å². The Morgan fingerprint density at radius 1 is 0.943 bits per heavy atom. The maximum Gasteiger partial charge on any atom is 0.351 e. The van der Waals surface area contributed by atoms with Crippen molar-refractivity contribution in [3.05, 3.63) is 93.4 Å².